The summed E-state index contributed by atoms with van der Waals surface area (Å²) in [6.45, 7) is 0.616. The number of benzene rings is 1. The smallest absolute Gasteiger partial charge is 0.251 e. The first-order valence-electron chi connectivity index (χ1n) is 11.0. The number of fused-ring (bicyclic) bond motifs is 2. The van der Waals surface area contributed by atoms with E-state index in [1.807, 2.05) is 0 Å². The maximum Gasteiger partial charge on any atom is 0.251 e. The molecule has 1 aromatic carbocycles. The van der Waals surface area contributed by atoms with Gasteiger partial charge in [-0.25, -0.2) is 14.4 Å². The van der Waals surface area contributed by atoms with E-state index in [4.69, 9.17) is 16.3 Å². The molecule has 2 fully saturated rings. The highest BCUT2D eigenvalue weighted by Gasteiger charge is 2.41. The molecule has 2 aliphatic rings. The first-order valence-corrected chi connectivity index (χ1v) is 11.4. The van der Waals surface area contributed by atoms with E-state index in [1.165, 1.54) is 22.8 Å². The molecule has 33 heavy (non-hydrogen) atoms. The van der Waals surface area contributed by atoms with Gasteiger partial charge in [0, 0.05) is 42.6 Å². The highest BCUT2D eigenvalue weighted by Crippen LogP contribution is 2.36. The Labute approximate surface area is 195 Å². The van der Waals surface area contributed by atoms with Crippen LogP contribution in [0.25, 0.3) is 11.3 Å². The molecule has 2 bridgehead atoms. The normalized spacial score (nSPS) is 22.5. The summed E-state index contributed by atoms with van der Waals surface area (Å²) in [5, 5.41) is 13.0. The van der Waals surface area contributed by atoms with E-state index in [-0.39, 0.29) is 23.6 Å². The van der Waals surface area contributed by atoms with E-state index in [0.29, 0.717) is 40.8 Å². The number of ether oxygens (including phenoxy) is 1. The van der Waals surface area contributed by atoms with Crippen LogP contribution < -0.4 is 10.9 Å². The van der Waals surface area contributed by atoms with Gasteiger partial charge in [0.1, 0.15) is 5.82 Å². The molecular weight excluding hydrogens is 447 g/mol. The molecule has 9 heteroatoms. The van der Waals surface area contributed by atoms with Crippen molar-refractivity contribution in [2.75, 3.05) is 18.5 Å². The lowest BCUT2D eigenvalue weighted by molar-refractivity contribution is 0.0723. The van der Waals surface area contributed by atoms with E-state index in [0.717, 1.165) is 19.4 Å². The molecular formula is C24H24ClFN4O3. The summed E-state index contributed by atoms with van der Waals surface area (Å²) >= 11 is 5.80. The third-order valence-corrected chi connectivity index (χ3v) is 6.78. The van der Waals surface area contributed by atoms with Crippen molar-refractivity contribution in [3.8, 4) is 11.3 Å². The van der Waals surface area contributed by atoms with Gasteiger partial charge in [0.15, 0.2) is 0 Å². The molecule has 1 aliphatic heterocycles. The summed E-state index contributed by atoms with van der Waals surface area (Å²) in [5.74, 6) is 0.446. The highest BCUT2D eigenvalue weighted by molar-refractivity contribution is 6.30. The molecule has 4 atom stereocenters. The van der Waals surface area contributed by atoms with Gasteiger partial charge in [0.2, 0.25) is 5.95 Å². The van der Waals surface area contributed by atoms with Crippen LogP contribution in [0, 0.1) is 11.7 Å². The van der Waals surface area contributed by atoms with Crippen molar-refractivity contribution >= 4 is 17.5 Å². The van der Waals surface area contributed by atoms with Gasteiger partial charge in [-0.15, -0.1) is 0 Å². The van der Waals surface area contributed by atoms with Crippen molar-refractivity contribution in [1.82, 2.24) is 14.5 Å². The van der Waals surface area contributed by atoms with Crippen LogP contribution >= 0.6 is 11.6 Å². The van der Waals surface area contributed by atoms with Crippen LogP contribution in [0.1, 0.15) is 30.9 Å². The summed E-state index contributed by atoms with van der Waals surface area (Å²) in [5.41, 5.74) is 1.57. The first-order chi connectivity index (χ1) is 16.0. The quantitative estimate of drug-likeness (QED) is 0.548. The second kappa shape index (κ2) is 9.21. The molecule has 2 aromatic heterocycles. The molecule has 0 spiro atoms. The molecule has 0 radical (unpaired) electrons. The van der Waals surface area contributed by atoms with Crippen molar-refractivity contribution in [2.24, 2.45) is 5.92 Å². The number of halogens is 2. The zero-order chi connectivity index (χ0) is 22.9. The fourth-order valence-electron chi connectivity index (χ4n) is 4.80. The van der Waals surface area contributed by atoms with Crippen molar-refractivity contribution in [3.05, 3.63) is 75.5 Å². The Balaban J connectivity index is 1.40. The summed E-state index contributed by atoms with van der Waals surface area (Å²) in [6, 6.07) is 9.23. The van der Waals surface area contributed by atoms with Crippen LogP contribution in [0.2, 0.25) is 5.02 Å². The van der Waals surface area contributed by atoms with Crippen molar-refractivity contribution < 1.29 is 14.2 Å². The van der Waals surface area contributed by atoms with Crippen LogP contribution in [0.3, 0.4) is 0 Å². The van der Waals surface area contributed by atoms with Crippen LogP contribution in [-0.4, -0.2) is 45.0 Å². The van der Waals surface area contributed by atoms with Crippen molar-refractivity contribution in [1.29, 1.82) is 0 Å². The second-order valence-electron chi connectivity index (χ2n) is 8.57. The van der Waals surface area contributed by atoms with Gasteiger partial charge in [-0.05, 0) is 49.1 Å². The monoisotopic (exact) mass is 470 g/mol. The van der Waals surface area contributed by atoms with E-state index < -0.39 is 11.9 Å². The number of aromatic nitrogens is 3. The fourth-order valence-corrected chi connectivity index (χ4v) is 4.92. The summed E-state index contributed by atoms with van der Waals surface area (Å²) in [7, 11) is 0. The zero-order valence-corrected chi connectivity index (χ0v) is 18.6. The highest BCUT2D eigenvalue weighted by atomic mass is 35.5. The SMILES string of the molecule is O=c1cc(-c2ccnc(N[C@@H]3C[C@@H]4C[C@H]3CO4)n2)ccn1[C@H](CCO)c1ccc(Cl)c(F)c1. The van der Waals surface area contributed by atoms with Gasteiger partial charge < -0.3 is 19.7 Å². The molecule has 7 nitrogen and oxygen atoms in total. The van der Waals surface area contributed by atoms with Gasteiger partial charge in [0.05, 0.1) is 29.5 Å². The maximum absolute atomic E-state index is 14.0. The Hall–Kier alpha value is -2.81. The number of hydrogen-bond acceptors (Lipinski definition) is 6. The van der Waals surface area contributed by atoms with Crippen molar-refractivity contribution in [3.63, 3.8) is 0 Å². The van der Waals surface area contributed by atoms with Gasteiger partial charge in [-0.1, -0.05) is 17.7 Å². The molecule has 1 saturated carbocycles. The largest absolute Gasteiger partial charge is 0.396 e. The van der Waals surface area contributed by atoms with Gasteiger partial charge in [-0.2, -0.15) is 0 Å². The number of hydrogen-bond donors (Lipinski definition) is 2. The van der Waals surface area contributed by atoms with Crippen LogP contribution in [0.5, 0.6) is 0 Å². The van der Waals surface area contributed by atoms with Crippen LogP contribution in [0.4, 0.5) is 10.3 Å². The van der Waals surface area contributed by atoms with Crippen molar-refractivity contribution in [2.45, 2.75) is 37.5 Å². The minimum Gasteiger partial charge on any atom is -0.396 e. The molecule has 0 unspecified atom stereocenters. The second-order valence-corrected chi connectivity index (χ2v) is 8.97. The average Bonchev–Trinajstić information content (AvgIpc) is 3.43. The van der Waals surface area contributed by atoms with E-state index in [2.05, 4.69) is 15.3 Å². The Bertz CT molecular complexity index is 1220. The molecule has 172 valence electrons. The average molecular weight is 471 g/mol. The predicted octanol–water partition coefficient (Wildman–Crippen LogP) is 3.66. The standard InChI is InChI=1S/C24H24ClFN4O3/c25-18-2-1-15(10-19(18)26)22(5-8-31)30-7-4-14(11-23(30)32)20-3-6-27-24(28-20)29-21-12-17-9-16(21)13-33-17/h1-4,6-7,10-11,16-17,21-22,31H,5,8-9,12-13H2,(H,27,28,29)/t16-,17-,21+,22+/m0/s1. The molecule has 1 saturated heterocycles. The third-order valence-electron chi connectivity index (χ3n) is 6.48. The first kappa shape index (κ1) is 22.0. The van der Waals surface area contributed by atoms with Gasteiger partial charge >= 0.3 is 0 Å². The number of pyridine rings is 1. The number of aliphatic hydroxyl groups excluding tert-OH is 1. The number of rotatable bonds is 7. The lowest BCUT2D eigenvalue weighted by atomic mass is 10.0. The number of nitrogens with one attached hydrogen (secondary N) is 1. The Morgan fingerprint density at radius 1 is 1.27 bits per heavy atom. The number of anilines is 1. The van der Waals surface area contributed by atoms with E-state index in [1.54, 1.807) is 30.6 Å². The number of aliphatic hydroxyl groups is 1. The summed E-state index contributed by atoms with van der Waals surface area (Å²) < 4.78 is 21.1. The molecule has 1 aliphatic carbocycles. The fraction of sp³-hybridized carbons (Fsp3) is 0.375. The van der Waals surface area contributed by atoms with Crippen LogP contribution in [-0.2, 0) is 4.74 Å². The van der Waals surface area contributed by atoms with Gasteiger partial charge in [-0.3, -0.25) is 4.79 Å². The van der Waals surface area contributed by atoms with E-state index >= 15 is 0 Å². The summed E-state index contributed by atoms with van der Waals surface area (Å²) in [4.78, 5) is 21.9. The number of nitrogens with zero attached hydrogens (tertiary/aromatic N) is 3. The van der Waals surface area contributed by atoms with Crippen LogP contribution in [0.15, 0.2) is 53.6 Å². The lowest BCUT2D eigenvalue weighted by Crippen LogP contribution is -2.30. The molecule has 3 aromatic rings. The Kier molecular flexibility index (Phi) is 6.14. The van der Waals surface area contributed by atoms with E-state index in [9.17, 15) is 14.3 Å². The Morgan fingerprint density at radius 2 is 2.15 bits per heavy atom. The minimum absolute atomic E-state index is 0.00956. The summed E-state index contributed by atoms with van der Waals surface area (Å²) in [6.07, 6.45) is 5.92. The molecule has 3 heterocycles. The lowest BCUT2D eigenvalue weighted by Gasteiger charge is -2.23. The zero-order valence-electron chi connectivity index (χ0n) is 17.8. The molecule has 0 amide bonds. The predicted molar refractivity (Wildman–Crippen MR) is 123 cm³/mol. The molecule has 2 N–H and O–H groups in total. The topological polar surface area (TPSA) is 89.3 Å². The minimum atomic E-state index is -0.565. The third kappa shape index (κ3) is 4.51. The Morgan fingerprint density at radius 3 is 2.85 bits per heavy atom. The van der Waals surface area contributed by atoms with Gasteiger partial charge in [0.25, 0.3) is 5.56 Å². The maximum atomic E-state index is 14.0. The molecule has 5 rings (SSSR count).